The third-order valence-electron chi connectivity index (χ3n) is 2.48. The first-order valence-corrected chi connectivity index (χ1v) is 6.20. The molecule has 0 unspecified atom stereocenters. The number of hydrogen-bond acceptors (Lipinski definition) is 1. The van der Waals surface area contributed by atoms with E-state index in [0.29, 0.717) is 4.75 Å². The zero-order chi connectivity index (χ0) is 9.03. The second-order valence-corrected chi connectivity index (χ2v) is 6.77. The van der Waals surface area contributed by atoms with E-state index in [1.165, 1.54) is 37.9 Å². The lowest BCUT2D eigenvalue weighted by atomic mass is 9.91. The van der Waals surface area contributed by atoms with E-state index in [1.54, 1.807) is 0 Å². The molecule has 1 aliphatic rings. The average molecular weight is 186 g/mol. The van der Waals surface area contributed by atoms with Crippen LogP contribution in [0.15, 0.2) is 0 Å². The average Bonchev–Trinajstić information content (AvgIpc) is 2.02. The standard InChI is InChI=1S/C11H22S/c1-11(2,3)12-9-10-7-5-4-6-8-10/h10H,4-9H2,1-3H3. The molecule has 1 rings (SSSR count). The Bertz CT molecular complexity index is 117. The topological polar surface area (TPSA) is 0 Å². The minimum atomic E-state index is 0.470. The first-order valence-electron chi connectivity index (χ1n) is 5.22. The van der Waals surface area contributed by atoms with Crippen molar-refractivity contribution < 1.29 is 0 Å². The summed E-state index contributed by atoms with van der Waals surface area (Å²) in [6, 6.07) is 0. The maximum absolute atomic E-state index is 2.32. The Morgan fingerprint density at radius 2 is 1.67 bits per heavy atom. The molecule has 0 nitrogen and oxygen atoms in total. The van der Waals surface area contributed by atoms with Gasteiger partial charge in [0.25, 0.3) is 0 Å². The van der Waals surface area contributed by atoms with Crippen LogP contribution in [0.1, 0.15) is 52.9 Å². The zero-order valence-electron chi connectivity index (χ0n) is 8.73. The van der Waals surface area contributed by atoms with Crippen LogP contribution in [0.5, 0.6) is 0 Å². The van der Waals surface area contributed by atoms with Crippen LogP contribution in [-0.2, 0) is 0 Å². The molecule has 0 aromatic carbocycles. The van der Waals surface area contributed by atoms with Crippen LogP contribution >= 0.6 is 11.8 Å². The number of thioether (sulfide) groups is 1. The van der Waals surface area contributed by atoms with Crippen molar-refractivity contribution in [2.75, 3.05) is 5.75 Å². The first-order chi connectivity index (χ1) is 5.58. The van der Waals surface area contributed by atoms with Gasteiger partial charge in [-0.3, -0.25) is 0 Å². The Balaban J connectivity index is 2.13. The van der Waals surface area contributed by atoms with E-state index in [-0.39, 0.29) is 0 Å². The van der Waals surface area contributed by atoms with Gasteiger partial charge in [-0.25, -0.2) is 0 Å². The summed E-state index contributed by atoms with van der Waals surface area (Å²) in [4.78, 5) is 0. The molecule has 0 aliphatic heterocycles. The molecule has 1 fully saturated rings. The van der Waals surface area contributed by atoms with Crippen molar-refractivity contribution in [1.82, 2.24) is 0 Å². The monoisotopic (exact) mass is 186 g/mol. The van der Waals surface area contributed by atoms with Gasteiger partial charge in [0.1, 0.15) is 0 Å². The first kappa shape index (κ1) is 10.4. The molecule has 0 N–H and O–H groups in total. The fraction of sp³-hybridized carbons (Fsp3) is 1.00. The van der Waals surface area contributed by atoms with Crippen LogP contribution < -0.4 is 0 Å². The van der Waals surface area contributed by atoms with Crippen molar-refractivity contribution in [1.29, 1.82) is 0 Å². The molecule has 0 spiro atoms. The van der Waals surface area contributed by atoms with E-state index in [9.17, 15) is 0 Å². The Hall–Kier alpha value is 0.350. The van der Waals surface area contributed by atoms with Crippen LogP contribution in [0.4, 0.5) is 0 Å². The normalized spacial score (nSPS) is 21.2. The largest absolute Gasteiger partial charge is 0.156 e. The van der Waals surface area contributed by atoms with E-state index in [1.807, 2.05) is 0 Å². The van der Waals surface area contributed by atoms with Gasteiger partial charge in [-0.15, -0.1) is 0 Å². The van der Waals surface area contributed by atoms with Crippen molar-refractivity contribution >= 4 is 11.8 Å². The van der Waals surface area contributed by atoms with E-state index in [0.717, 1.165) is 5.92 Å². The van der Waals surface area contributed by atoms with Gasteiger partial charge in [0.05, 0.1) is 0 Å². The second-order valence-electron chi connectivity index (χ2n) is 4.93. The molecule has 0 aromatic heterocycles. The molecule has 0 heterocycles. The quantitative estimate of drug-likeness (QED) is 0.625. The number of rotatable bonds is 2. The lowest BCUT2D eigenvalue weighted by Crippen LogP contribution is -2.15. The maximum Gasteiger partial charge on any atom is 0.00751 e. The predicted octanol–water partition coefficient (Wildman–Crippen LogP) is 4.10. The minimum absolute atomic E-state index is 0.470. The van der Waals surface area contributed by atoms with Crippen molar-refractivity contribution in [3.8, 4) is 0 Å². The maximum atomic E-state index is 2.32. The molecule has 0 bridgehead atoms. The molecule has 0 saturated heterocycles. The zero-order valence-corrected chi connectivity index (χ0v) is 9.54. The van der Waals surface area contributed by atoms with E-state index in [2.05, 4.69) is 32.5 Å². The van der Waals surface area contributed by atoms with Crippen LogP contribution in [0, 0.1) is 5.92 Å². The fourth-order valence-electron chi connectivity index (χ4n) is 1.72. The molecule has 0 radical (unpaired) electrons. The van der Waals surface area contributed by atoms with Crippen LogP contribution in [0.3, 0.4) is 0 Å². The molecule has 0 aromatic rings. The van der Waals surface area contributed by atoms with Crippen LogP contribution in [-0.4, -0.2) is 10.5 Å². The van der Waals surface area contributed by atoms with Gasteiger partial charge in [0, 0.05) is 4.75 Å². The Labute approximate surface area is 81.5 Å². The lowest BCUT2D eigenvalue weighted by molar-refractivity contribution is 0.390. The highest BCUT2D eigenvalue weighted by Crippen LogP contribution is 2.31. The van der Waals surface area contributed by atoms with E-state index >= 15 is 0 Å². The van der Waals surface area contributed by atoms with Gasteiger partial charge < -0.3 is 0 Å². The summed E-state index contributed by atoms with van der Waals surface area (Å²) in [5, 5.41) is 0. The molecule has 1 saturated carbocycles. The van der Waals surface area contributed by atoms with Crippen molar-refractivity contribution in [2.45, 2.75) is 57.6 Å². The molecule has 1 aliphatic carbocycles. The lowest BCUT2D eigenvalue weighted by Gasteiger charge is -2.25. The van der Waals surface area contributed by atoms with E-state index < -0.39 is 0 Å². The molecule has 12 heavy (non-hydrogen) atoms. The van der Waals surface area contributed by atoms with Crippen LogP contribution in [0.2, 0.25) is 0 Å². The molecular weight excluding hydrogens is 164 g/mol. The molecule has 0 amide bonds. The number of hydrogen-bond donors (Lipinski definition) is 0. The Kier molecular flexibility index (Phi) is 3.95. The molecule has 0 atom stereocenters. The summed E-state index contributed by atoms with van der Waals surface area (Å²) in [5.74, 6) is 2.42. The molecular formula is C11H22S. The predicted molar refractivity (Wildman–Crippen MR) is 58.8 cm³/mol. The van der Waals surface area contributed by atoms with E-state index in [4.69, 9.17) is 0 Å². The molecule has 1 heteroatoms. The fourth-order valence-corrected chi connectivity index (χ4v) is 2.79. The highest BCUT2D eigenvalue weighted by Gasteiger charge is 2.17. The third-order valence-corrected chi connectivity index (χ3v) is 3.98. The smallest absolute Gasteiger partial charge is 0.00751 e. The summed E-state index contributed by atoms with van der Waals surface area (Å²) in [5.41, 5.74) is 0. The summed E-state index contributed by atoms with van der Waals surface area (Å²) in [6.07, 6.45) is 7.42. The van der Waals surface area contributed by atoms with Crippen molar-refractivity contribution in [2.24, 2.45) is 5.92 Å². The van der Waals surface area contributed by atoms with Gasteiger partial charge in [-0.05, 0) is 24.5 Å². The third kappa shape index (κ3) is 4.39. The summed E-state index contributed by atoms with van der Waals surface area (Å²) in [7, 11) is 0. The van der Waals surface area contributed by atoms with Crippen LogP contribution in [0.25, 0.3) is 0 Å². The van der Waals surface area contributed by atoms with Gasteiger partial charge in [0.15, 0.2) is 0 Å². The summed E-state index contributed by atoms with van der Waals surface area (Å²) < 4.78 is 0.470. The van der Waals surface area contributed by atoms with Gasteiger partial charge in [0.2, 0.25) is 0 Å². The second kappa shape index (κ2) is 4.55. The van der Waals surface area contributed by atoms with Crippen molar-refractivity contribution in [3.05, 3.63) is 0 Å². The molecule has 72 valence electrons. The highest BCUT2D eigenvalue weighted by molar-refractivity contribution is 8.00. The van der Waals surface area contributed by atoms with Gasteiger partial charge >= 0.3 is 0 Å². The summed E-state index contributed by atoms with van der Waals surface area (Å²) in [6.45, 7) is 6.96. The summed E-state index contributed by atoms with van der Waals surface area (Å²) >= 11 is 2.14. The van der Waals surface area contributed by atoms with Gasteiger partial charge in [-0.2, -0.15) is 11.8 Å². The van der Waals surface area contributed by atoms with Crippen molar-refractivity contribution in [3.63, 3.8) is 0 Å². The highest BCUT2D eigenvalue weighted by atomic mass is 32.2. The Morgan fingerprint density at radius 3 is 2.17 bits per heavy atom. The Morgan fingerprint density at radius 1 is 1.08 bits per heavy atom. The SMILES string of the molecule is CC(C)(C)SCC1CCCCC1. The minimum Gasteiger partial charge on any atom is -0.156 e. The van der Waals surface area contributed by atoms with Gasteiger partial charge in [-0.1, -0.05) is 40.0 Å².